The number of ether oxygens (including phenoxy) is 1. The van der Waals surface area contributed by atoms with Crippen molar-refractivity contribution in [1.29, 1.82) is 0 Å². The fourth-order valence-electron chi connectivity index (χ4n) is 4.08. The van der Waals surface area contributed by atoms with E-state index in [-0.39, 0.29) is 17.1 Å². The van der Waals surface area contributed by atoms with Crippen molar-refractivity contribution < 1.29 is 13.9 Å². The standard InChI is InChI=1S/C25H18ClNO4/c1-30-18-11-9-15(10-12-18)14-27-22(16-5-4-6-17(26)13-16)21-23(28)19-7-2-3-8-20(19)31-24(21)25(27)29/h2-13,22H,14H2,1H3/t22-/m1/s1. The molecule has 1 atom stereocenters. The van der Waals surface area contributed by atoms with Gasteiger partial charge in [0.15, 0.2) is 5.43 Å². The van der Waals surface area contributed by atoms with Gasteiger partial charge >= 0.3 is 0 Å². The van der Waals surface area contributed by atoms with Gasteiger partial charge in [-0.25, -0.2) is 0 Å². The number of carbonyl (C=O) groups excluding carboxylic acids is 1. The van der Waals surface area contributed by atoms with Gasteiger partial charge < -0.3 is 14.1 Å². The Labute approximate surface area is 183 Å². The second kappa shape index (κ2) is 7.60. The number of nitrogens with zero attached hydrogens (tertiary/aromatic N) is 1. The quantitative estimate of drug-likeness (QED) is 0.445. The molecule has 0 bridgehead atoms. The second-order valence-corrected chi connectivity index (χ2v) is 7.85. The minimum Gasteiger partial charge on any atom is -0.497 e. The first-order valence-electron chi connectivity index (χ1n) is 9.82. The van der Waals surface area contributed by atoms with Gasteiger partial charge in [-0.05, 0) is 47.5 Å². The zero-order chi connectivity index (χ0) is 21.5. The van der Waals surface area contributed by atoms with Crippen LogP contribution in [0.4, 0.5) is 0 Å². The first kappa shape index (κ1) is 19.4. The van der Waals surface area contributed by atoms with Crippen molar-refractivity contribution in [3.05, 3.63) is 110 Å². The molecule has 5 nitrogen and oxygen atoms in total. The highest BCUT2D eigenvalue weighted by Crippen LogP contribution is 2.39. The Balaban J connectivity index is 1.69. The number of fused-ring (bicyclic) bond motifs is 2. The monoisotopic (exact) mass is 431 g/mol. The Kier molecular flexibility index (Phi) is 4.75. The van der Waals surface area contributed by atoms with Crippen LogP contribution in [-0.2, 0) is 6.54 Å². The van der Waals surface area contributed by atoms with E-state index in [9.17, 15) is 9.59 Å². The molecule has 0 saturated heterocycles. The normalized spacial score (nSPS) is 15.4. The van der Waals surface area contributed by atoms with E-state index in [0.717, 1.165) is 16.9 Å². The molecule has 0 radical (unpaired) electrons. The van der Waals surface area contributed by atoms with Gasteiger partial charge in [0.05, 0.1) is 24.1 Å². The number of methoxy groups -OCH3 is 1. The third-order valence-electron chi connectivity index (χ3n) is 5.55. The van der Waals surface area contributed by atoms with Crippen LogP contribution in [0.15, 0.2) is 82.0 Å². The molecule has 1 aliphatic heterocycles. The number of carbonyl (C=O) groups is 1. The van der Waals surface area contributed by atoms with Crippen LogP contribution in [0.3, 0.4) is 0 Å². The molecule has 0 N–H and O–H groups in total. The van der Waals surface area contributed by atoms with Crippen LogP contribution >= 0.6 is 11.6 Å². The van der Waals surface area contributed by atoms with Crippen molar-refractivity contribution in [2.45, 2.75) is 12.6 Å². The molecule has 5 rings (SSSR count). The van der Waals surface area contributed by atoms with Crippen LogP contribution in [0.1, 0.15) is 33.3 Å². The van der Waals surface area contributed by atoms with Crippen LogP contribution in [-0.4, -0.2) is 17.9 Å². The highest BCUT2D eigenvalue weighted by Gasteiger charge is 2.42. The van der Waals surface area contributed by atoms with Crippen molar-refractivity contribution in [3.8, 4) is 5.75 Å². The number of amides is 1. The molecule has 1 amide bonds. The van der Waals surface area contributed by atoms with Crippen LogP contribution in [0.5, 0.6) is 5.75 Å². The van der Waals surface area contributed by atoms with Crippen LogP contribution < -0.4 is 10.2 Å². The van der Waals surface area contributed by atoms with E-state index < -0.39 is 6.04 Å². The van der Waals surface area contributed by atoms with Gasteiger partial charge in [-0.3, -0.25) is 9.59 Å². The van der Waals surface area contributed by atoms with Crippen molar-refractivity contribution in [2.75, 3.05) is 7.11 Å². The summed E-state index contributed by atoms with van der Waals surface area (Å²) in [6.45, 7) is 0.306. The lowest BCUT2D eigenvalue weighted by Gasteiger charge is -2.25. The van der Waals surface area contributed by atoms with Gasteiger partial charge in [-0.15, -0.1) is 0 Å². The zero-order valence-electron chi connectivity index (χ0n) is 16.7. The minimum atomic E-state index is -0.593. The van der Waals surface area contributed by atoms with Gasteiger partial charge in [-0.1, -0.05) is 48.0 Å². The van der Waals surface area contributed by atoms with E-state index in [1.165, 1.54) is 0 Å². The third-order valence-corrected chi connectivity index (χ3v) is 5.78. The molecule has 1 aromatic heterocycles. The lowest BCUT2D eigenvalue weighted by Crippen LogP contribution is -2.29. The van der Waals surface area contributed by atoms with Crippen LogP contribution in [0.25, 0.3) is 11.0 Å². The van der Waals surface area contributed by atoms with E-state index in [2.05, 4.69) is 0 Å². The highest BCUT2D eigenvalue weighted by atomic mass is 35.5. The van der Waals surface area contributed by atoms with Gasteiger partial charge in [-0.2, -0.15) is 0 Å². The third kappa shape index (κ3) is 3.27. The Bertz CT molecular complexity index is 1360. The maximum atomic E-state index is 13.4. The number of hydrogen-bond acceptors (Lipinski definition) is 4. The second-order valence-electron chi connectivity index (χ2n) is 7.41. The predicted molar refractivity (Wildman–Crippen MR) is 119 cm³/mol. The van der Waals surface area contributed by atoms with Crippen LogP contribution in [0.2, 0.25) is 5.02 Å². The molecule has 4 aromatic rings. The largest absolute Gasteiger partial charge is 0.497 e. The Morgan fingerprint density at radius 2 is 1.77 bits per heavy atom. The van der Waals surface area contributed by atoms with Gasteiger partial charge in [0, 0.05) is 11.6 Å². The molecule has 0 saturated carbocycles. The Hall–Kier alpha value is -3.57. The van der Waals surface area contributed by atoms with Crippen molar-refractivity contribution in [3.63, 3.8) is 0 Å². The average Bonchev–Trinajstić information content (AvgIpc) is 3.06. The molecule has 3 aromatic carbocycles. The Morgan fingerprint density at radius 1 is 1.00 bits per heavy atom. The molecular weight excluding hydrogens is 414 g/mol. The van der Waals surface area contributed by atoms with Crippen molar-refractivity contribution >= 4 is 28.5 Å². The molecule has 6 heteroatoms. The van der Waals surface area contributed by atoms with Crippen molar-refractivity contribution in [2.24, 2.45) is 0 Å². The summed E-state index contributed by atoms with van der Waals surface area (Å²) in [5.41, 5.74) is 2.21. The number of halogens is 1. The van der Waals surface area contributed by atoms with E-state index >= 15 is 0 Å². The first-order chi connectivity index (χ1) is 15.1. The molecule has 154 valence electrons. The summed E-state index contributed by atoms with van der Waals surface area (Å²) in [7, 11) is 1.60. The smallest absolute Gasteiger partial charge is 0.291 e. The number of benzene rings is 3. The predicted octanol–water partition coefficient (Wildman–Crippen LogP) is 5.20. The van der Waals surface area contributed by atoms with Gasteiger partial charge in [0.2, 0.25) is 5.76 Å². The molecule has 0 spiro atoms. The maximum absolute atomic E-state index is 13.4. The average molecular weight is 432 g/mol. The van der Waals surface area contributed by atoms with Crippen molar-refractivity contribution in [1.82, 2.24) is 4.90 Å². The minimum absolute atomic E-state index is 0.0854. The maximum Gasteiger partial charge on any atom is 0.291 e. The molecule has 0 unspecified atom stereocenters. The zero-order valence-corrected chi connectivity index (χ0v) is 17.4. The summed E-state index contributed by atoms with van der Waals surface area (Å²) in [5, 5.41) is 0.986. The Morgan fingerprint density at radius 3 is 2.52 bits per heavy atom. The summed E-state index contributed by atoms with van der Waals surface area (Å²) < 4.78 is 11.2. The fraction of sp³-hybridized carbons (Fsp3) is 0.120. The van der Waals surface area contributed by atoms with E-state index in [4.69, 9.17) is 20.8 Å². The lowest BCUT2D eigenvalue weighted by molar-refractivity contribution is 0.0714. The van der Waals surface area contributed by atoms with E-state index in [1.54, 1.807) is 48.4 Å². The summed E-state index contributed by atoms with van der Waals surface area (Å²) in [4.78, 5) is 28.5. The summed E-state index contributed by atoms with van der Waals surface area (Å²) in [6, 6.07) is 21.1. The molecule has 31 heavy (non-hydrogen) atoms. The number of para-hydroxylation sites is 1. The van der Waals surface area contributed by atoms with Gasteiger partial charge in [0.1, 0.15) is 11.3 Å². The SMILES string of the molecule is COc1ccc(CN2C(=O)c3oc4ccccc4c(=O)c3[C@H]2c2cccc(Cl)c2)cc1. The molecule has 2 heterocycles. The van der Waals surface area contributed by atoms with E-state index in [1.807, 2.05) is 36.4 Å². The summed E-state index contributed by atoms with van der Waals surface area (Å²) >= 11 is 6.24. The first-order valence-corrected chi connectivity index (χ1v) is 10.2. The van der Waals surface area contributed by atoms with Gasteiger partial charge in [0.25, 0.3) is 5.91 Å². The number of hydrogen-bond donors (Lipinski definition) is 0. The van der Waals surface area contributed by atoms with Crippen LogP contribution in [0, 0.1) is 0 Å². The molecule has 0 aliphatic carbocycles. The molecule has 1 aliphatic rings. The molecule has 0 fully saturated rings. The fourth-order valence-corrected chi connectivity index (χ4v) is 4.28. The highest BCUT2D eigenvalue weighted by molar-refractivity contribution is 6.30. The topological polar surface area (TPSA) is 59.8 Å². The summed E-state index contributed by atoms with van der Waals surface area (Å²) in [6.07, 6.45) is 0. The molecular formula is C25H18ClNO4. The van der Waals surface area contributed by atoms with E-state index in [0.29, 0.717) is 28.1 Å². The lowest BCUT2D eigenvalue weighted by atomic mass is 9.98. The summed E-state index contributed by atoms with van der Waals surface area (Å²) in [5.74, 6) is 0.495. The number of rotatable bonds is 4.